The van der Waals surface area contributed by atoms with E-state index in [9.17, 15) is 0 Å². The largest absolute Gasteiger partial charge is 0.396 e. The molecule has 82 valence electrons. The number of benzene rings is 1. The molecule has 0 amide bonds. The summed E-state index contributed by atoms with van der Waals surface area (Å²) in [6.07, 6.45) is 3.16. The van der Waals surface area contributed by atoms with Crippen molar-refractivity contribution in [3.63, 3.8) is 0 Å². The molecule has 0 aliphatic heterocycles. The zero-order valence-electron chi connectivity index (χ0n) is 8.65. The van der Waals surface area contributed by atoms with Crippen LogP contribution in [0.5, 0.6) is 0 Å². The normalized spacial score (nSPS) is 10.1. The van der Waals surface area contributed by atoms with Crippen LogP contribution in [-0.4, -0.2) is 4.98 Å². The minimum absolute atomic E-state index is 0.538. The number of nitrogen functional groups attached to an aromatic ring is 1. The third-order valence-electron chi connectivity index (χ3n) is 2.24. The molecule has 16 heavy (non-hydrogen) atoms. The lowest BCUT2D eigenvalue weighted by Crippen LogP contribution is -2.03. The van der Waals surface area contributed by atoms with Gasteiger partial charge >= 0.3 is 0 Å². The SMILES string of the molecule is Nc1cncc(Cl)c1NCc1ccccc1. The van der Waals surface area contributed by atoms with E-state index in [1.807, 2.05) is 30.3 Å². The number of halogens is 1. The highest BCUT2D eigenvalue weighted by molar-refractivity contribution is 6.33. The fourth-order valence-corrected chi connectivity index (χ4v) is 1.66. The number of hydrogen-bond donors (Lipinski definition) is 2. The Bertz CT molecular complexity index is 451. The number of nitrogens with one attached hydrogen (secondary N) is 1. The van der Waals surface area contributed by atoms with E-state index in [-0.39, 0.29) is 0 Å². The fourth-order valence-electron chi connectivity index (χ4n) is 1.42. The Morgan fingerprint density at radius 2 is 1.94 bits per heavy atom. The van der Waals surface area contributed by atoms with Gasteiger partial charge < -0.3 is 11.1 Å². The predicted molar refractivity (Wildman–Crippen MR) is 67.4 cm³/mol. The minimum atomic E-state index is 0.538. The summed E-state index contributed by atoms with van der Waals surface area (Å²) in [6, 6.07) is 10.1. The lowest BCUT2D eigenvalue weighted by atomic mass is 10.2. The Morgan fingerprint density at radius 3 is 2.62 bits per heavy atom. The number of nitrogens with two attached hydrogens (primary N) is 1. The van der Waals surface area contributed by atoms with Crippen LogP contribution in [-0.2, 0) is 6.54 Å². The molecule has 0 radical (unpaired) electrons. The summed E-state index contributed by atoms with van der Waals surface area (Å²) in [7, 11) is 0. The van der Waals surface area contributed by atoms with Gasteiger partial charge in [-0.25, -0.2) is 0 Å². The molecular weight excluding hydrogens is 222 g/mol. The maximum Gasteiger partial charge on any atom is 0.0841 e. The van der Waals surface area contributed by atoms with Crippen molar-refractivity contribution < 1.29 is 0 Å². The average Bonchev–Trinajstić information content (AvgIpc) is 2.30. The summed E-state index contributed by atoms with van der Waals surface area (Å²) < 4.78 is 0. The Labute approximate surface area is 99.3 Å². The van der Waals surface area contributed by atoms with Crippen molar-refractivity contribution in [2.45, 2.75) is 6.54 Å². The molecule has 0 bridgehead atoms. The molecule has 0 fully saturated rings. The lowest BCUT2D eigenvalue weighted by molar-refractivity contribution is 1.14. The molecular formula is C12H12ClN3. The first-order valence-corrected chi connectivity index (χ1v) is 5.32. The number of pyridine rings is 1. The Balaban J connectivity index is 2.11. The van der Waals surface area contributed by atoms with E-state index in [4.69, 9.17) is 17.3 Å². The van der Waals surface area contributed by atoms with Crippen LogP contribution in [0.3, 0.4) is 0 Å². The highest BCUT2D eigenvalue weighted by Crippen LogP contribution is 2.26. The van der Waals surface area contributed by atoms with Crippen molar-refractivity contribution in [2.24, 2.45) is 0 Å². The zero-order chi connectivity index (χ0) is 11.4. The van der Waals surface area contributed by atoms with E-state index in [0.29, 0.717) is 17.3 Å². The second-order valence-electron chi connectivity index (χ2n) is 3.42. The smallest absolute Gasteiger partial charge is 0.0841 e. The summed E-state index contributed by atoms with van der Waals surface area (Å²) >= 11 is 5.99. The van der Waals surface area contributed by atoms with Crippen molar-refractivity contribution in [2.75, 3.05) is 11.1 Å². The van der Waals surface area contributed by atoms with Gasteiger partial charge in [0.25, 0.3) is 0 Å². The Morgan fingerprint density at radius 1 is 1.19 bits per heavy atom. The minimum Gasteiger partial charge on any atom is -0.396 e. The van der Waals surface area contributed by atoms with Crippen molar-refractivity contribution in [3.05, 3.63) is 53.3 Å². The molecule has 2 rings (SSSR count). The summed E-state index contributed by atoms with van der Waals surface area (Å²) in [5.41, 5.74) is 8.25. The first-order valence-electron chi connectivity index (χ1n) is 4.94. The van der Waals surface area contributed by atoms with Crippen molar-refractivity contribution in [1.29, 1.82) is 0 Å². The molecule has 0 aliphatic carbocycles. The monoisotopic (exact) mass is 233 g/mol. The maximum absolute atomic E-state index is 5.99. The highest BCUT2D eigenvalue weighted by Gasteiger charge is 2.03. The van der Waals surface area contributed by atoms with Crippen LogP contribution in [0.2, 0.25) is 5.02 Å². The maximum atomic E-state index is 5.99. The topological polar surface area (TPSA) is 50.9 Å². The van der Waals surface area contributed by atoms with Crippen LogP contribution < -0.4 is 11.1 Å². The van der Waals surface area contributed by atoms with E-state index in [1.165, 1.54) is 5.56 Å². The van der Waals surface area contributed by atoms with Gasteiger partial charge in [0.2, 0.25) is 0 Å². The van der Waals surface area contributed by atoms with Gasteiger partial charge in [-0.3, -0.25) is 4.98 Å². The lowest BCUT2D eigenvalue weighted by Gasteiger charge is -2.10. The van der Waals surface area contributed by atoms with Crippen LogP contribution in [0.4, 0.5) is 11.4 Å². The third kappa shape index (κ3) is 2.44. The van der Waals surface area contributed by atoms with E-state index in [0.717, 1.165) is 5.69 Å². The molecule has 3 N–H and O–H groups in total. The first-order chi connectivity index (χ1) is 7.77. The molecule has 0 unspecified atom stereocenters. The van der Waals surface area contributed by atoms with Gasteiger partial charge in [-0.2, -0.15) is 0 Å². The van der Waals surface area contributed by atoms with E-state index in [2.05, 4.69) is 10.3 Å². The van der Waals surface area contributed by atoms with E-state index < -0.39 is 0 Å². The van der Waals surface area contributed by atoms with Gasteiger partial charge in [-0.05, 0) is 5.56 Å². The molecule has 1 aromatic carbocycles. The summed E-state index contributed by atoms with van der Waals surface area (Å²) in [4.78, 5) is 3.90. The van der Waals surface area contributed by atoms with Crippen LogP contribution in [0.15, 0.2) is 42.7 Å². The molecule has 0 saturated carbocycles. The van der Waals surface area contributed by atoms with Gasteiger partial charge in [0.1, 0.15) is 0 Å². The number of nitrogens with zero attached hydrogens (tertiary/aromatic N) is 1. The van der Waals surface area contributed by atoms with Crippen molar-refractivity contribution in [1.82, 2.24) is 4.98 Å². The number of anilines is 2. The predicted octanol–water partition coefficient (Wildman–Crippen LogP) is 2.93. The molecule has 1 aromatic heterocycles. The van der Waals surface area contributed by atoms with E-state index >= 15 is 0 Å². The van der Waals surface area contributed by atoms with Gasteiger partial charge in [-0.1, -0.05) is 41.9 Å². The second kappa shape index (κ2) is 4.86. The third-order valence-corrected chi connectivity index (χ3v) is 2.53. The molecule has 0 saturated heterocycles. The van der Waals surface area contributed by atoms with E-state index in [1.54, 1.807) is 12.4 Å². The molecule has 0 atom stereocenters. The van der Waals surface area contributed by atoms with Crippen LogP contribution >= 0.6 is 11.6 Å². The van der Waals surface area contributed by atoms with Gasteiger partial charge in [0.15, 0.2) is 0 Å². The number of aromatic nitrogens is 1. The van der Waals surface area contributed by atoms with Crippen molar-refractivity contribution in [3.8, 4) is 0 Å². The Hall–Kier alpha value is -1.74. The number of hydrogen-bond acceptors (Lipinski definition) is 3. The standard InChI is InChI=1S/C12H12ClN3/c13-10-7-15-8-11(14)12(10)16-6-9-4-2-1-3-5-9/h1-5,7-8H,6,14H2,(H,15,16). The van der Waals surface area contributed by atoms with Crippen molar-refractivity contribution >= 4 is 23.0 Å². The molecule has 1 heterocycles. The highest BCUT2D eigenvalue weighted by atomic mass is 35.5. The average molecular weight is 234 g/mol. The molecule has 0 aliphatic rings. The van der Waals surface area contributed by atoms with Crippen LogP contribution in [0.1, 0.15) is 5.56 Å². The number of rotatable bonds is 3. The molecule has 4 heteroatoms. The van der Waals surface area contributed by atoms with Gasteiger partial charge in [0, 0.05) is 12.7 Å². The molecule has 3 nitrogen and oxygen atoms in total. The van der Waals surface area contributed by atoms with Crippen LogP contribution in [0, 0.1) is 0 Å². The van der Waals surface area contributed by atoms with Crippen LogP contribution in [0.25, 0.3) is 0 Å². The summed E-state index contributed by atoms with van der Waals surface area (Å²) in [6.45, 7) is 0.689. The zero-order valence-corrected chi connectivity index (χ0v) is 9.41. The Kier molecular flexibility index (Phi) is 3.27. The summed E-state index contributed by atoms with van der Waals surface area (Å²) in [5.74, 6) is 0. The molecule has 0 spiro atoms. The second-order valence-corrected chi connectivity index (χ2v) is 3.83. The first kappa shape index (κ1) is 10.8. The quantitative estimate of drug-likeness (QED) is 0.857. The van der Waals surface area contributed by atoms with Gasteiger partial charge in [0.05, 0.1) is 22.6 Å². The van der Waals surface area contributed by atoms with Gasteiger partial charge in [-0.15, -0.1) is 0 Å². The molecule has 2 aromatic rings. The fraction of sp³-hybridized carbons (Fsp3) is 0.0833. The summed E-state index contributed by atoms with van der Waals surface area (Å²) in [5, 5.41) is 3.74.